The number of aryl methyl sites for hydroxylation is 1. The lowest BCUT2D eigenvalue weighted by atomic mass is 9.83. The van der Waals surface area contributed by atoms with Crippen LogP contribution >= 0.6 is 0 Å². The van der Waals surface area contributed by atoms with Crippen molar-refractivity contribution in [1.29, 1.82) is 0 Å². The van der Waals surface area contributed by atoms with Gasteiger partial charge in [0.05, 0.1) is 35.7 Å². The third-order valence-electron chi connectivity index (χ3n) is 11.3. The molecule has 8 rings (SSSR count). The van der Waals surface area contributed by atoms with Gasteiger partial charge in [-0.25, -0.2) is 32.3 Å². The summed E-state index contributed by atoms with van der Waals surface area (Å²) in [4.78, 5) is 60.3. The molecule has 2 N–H and O–H groups in total. The number of nitrogens with one attached hydrogen (secondary N) is 2. The summed E-state index contributed by atoms with van der Waals surface area (Å²) in [6.07, 6.45) is 4.38. The third-order valence-corrected chi connectivity index (χ3v) is 11.3. The largest absolute Gasteiger partial charge is 0.329 e. The van der Waals surface area contributed by atoms with Gasteiger partial charge >= 0.3 is 5.69 Å². The number of aromatic nitrogens is 6. The second kappa shape index (κ2) is 14.3. The second-order valence-electron chi connectivity index (χ2n) is 14.8. The number of benzene rings is 1. The lowest BCUT2D eigenvalue weighted by Gasteiger charge is -2.41. The average molecular weight is 762 g/mol. The number of halogens is 4. The van der Waals surface area contributed by atoms with Crippen LogP contribution in [0.2, 0.25) is 0 Å². The summed E-state index contributed by atoms with van der Waals surface area (Å²) in [7, 11) is 1.53. The molecule has 3 fully saturated rings. The highest BCUT2D eigenvalue weighted by molar-refractivity contribution is 6.03. The zero-order chi connectivity index (χ0) is 38.6. The van der Waals surface area contributed by atoms with Crippen molar-refractivity contribution in [2.75, 3.05) is 25.0 Å². The van der Waals surface area contributed by atoms with Gasteiger partial charge in [-0.05, 0) is 80.8 Å². The minimum absolute atomic E-state index is 0.0875. The minimum atomic E-state index is -3.07. The third kappa shape index (κ3) is 7.00. The summed E-state index contributed by atoms with van der Waals surface area (Å²) < 4.78 is 62.8. The zero-order valence-electron chi connectivity index (χ0n) is 29.9. The van der Waals surface area contributed by atoms with Crippen LogP contribution in [0.3, 0.4) is 0 Å². The van der Waals surface area contributed by atoms with Crippen molar-refractivity contribution < 1.29 is 31.9 Å². The topological polar surface area (TPSA) is 149 Å². The molecule has 13 nitrogen and oxygen atoms in total. The molecule has 1 saturated carbocycles. The molecule has 3 aliphatic rings. The van der Waals surface area contributed by atoms with Gasteiger partial charge in [-0.15, -0.1) is 0 Å². The first-order valence-electron chi connectivity index (χ1n) is 18.4. The van der Waals surface area contributed by atoms with Crippen molar-refractivity contribution in [3.8, 4) is 0 Å². The fourth-order valence-electron chi connectivity index (χ4n) is 8.57. The molecule has 2 aliphatic heterocycles. The molecule has 55 heavy (non-hydrogen) atoms. The molecule has 0 spiro atoms. The van der Waals surface area contributed by atoms with Gasteiger partial charge in [0.2, 0.25) is 11.8 Å². The van der Waals surface area contributed by atoms with E-state index >= 15 is 8.78 Å². The molecule has 3 amide bonds. The number of nitrogens with zero attached hydrogens (tertiary/aromatic N) is 7. The van der Waals surface area contributed by atoms with Crippen LogP contribution in [0.5, 0.6) is 0 Å². The average Bonchev–Trinajstić information content (AvgIpc) is 3.69. The maximum absolute atomic E-state index is 16.1. The van der Waals surface area contributed by atoms with E-state index in [2.05, 4.69) is 20.6 Å². The van der Waals surface area contributed by atoms with Crippen LogP contribution in [0.25, 0.3) is 21.9 Å². The number of pyridine rings is 2. The highest BCUT2D eigenvalue weighted by atomic mass is 19.3. The van der Waals surface area contributed by atoms with Crippen molar-refractivity contribution in [2.24, 2.45) is 13.0 Å². The van der Waals surface area contributed by atoms with Crippen LogP contribution in [-0.4, -0.2) is 77.1 Å². The number of alkyl halides is 4. The summed E-state index contributed by atoms with van der Waals surface area (Å²) in [6.45, 7) is 0.620. The van der Waals surface area contributed by atoms with E-state index < -0.39 is 60.0 Å². The van der Waals surface area contributed by atoms with Crippen molar-refractivity contribution in [3.05, 3.63) is 82.3 Å². The normalized spacial score (nSPS) is 23.4. The van der Waals surface area contributed by atoms with Crippen molar-refractivity contribution in [1.82, 2.24) is 39.1 Å². The Kier molecular flexibility index (Phi) is 9.51. The van der Waals surface area contributed by atoms with E-state index in [-0.39, 0.29) is 42.7 Å². The highest BCUT2D eigenvalue weighted by Gasteiger charge is 2.47. The first kappa shape index (κ1) is 36.5. The number of imide groups is 1. The van der Waals surface area contributed by atoms with Gasteiger partial charge in [-0.2, -0.15) is 5.10 Å². The first-order valence-corrected chi connectivity index (χ1v) is 18.4. The van der Waals surface area contributed by atoms with Gasteiger partial charge in [0, 0.05) is 31.6 Å². The van der Waals surface area contributed by atoms with Gasteiger partial charge in [0.15, 0.2) is 0 Å². The van der Waals surface area contributed by atoms with Crippen molar-refractivity contribution >= 4 is 45.5 Å². The molecule has 6 heterocycles. The number of rotatable bonds is 8. The number of hydrogen-bond acceptors (Lipinski definition) is 8. The molecule has 4 aromatic heterocycles. The smallest absolute Gasteiger partial charge is 0.305 e. The number of anilines is 1. The van der Waals surface area contributed by atoms with Crippen molar-refractivity contribution in [3.63, 3.8) is 0 Å². The van der Waals surface area contributed by atoms with E-state index in [1.165, 1.54) is 34.5 Å². The Labute approximate surface area is 311 Å². The minimum Gasteiger partial charge on any atom is -0.305 e. The monoisotopic (exact) mass is 761 g/mol. The number of amides is 3. The fraction of sp³-hybridized carbons (Fsp3) is 0.447. The lowest BCUT2D eigenvalue weighted by Crippen LogP contribution is -2.49. The van der Waals surface area contributed by atoms with Crippen LogP contribution in [0, 0.1) is 5.92 Å². The summed E-state index contributed by atoms with van der Waals surface area (Å²) in [5.74, 6) is -5.35. The number of likely N-dealkylation sites (tertiary alicyclic amines) is 1. The number of fused-ring (bicyclic) bond motifs is 2. The maximum Gasteiger partial charge on any atom is 0.329 e. The van der Waals surface area contributed by atoms with Crippen LogP contribution in [0.1, 0.15) is 91.1 Å². The quantitative estimate of drug-likeness (QED) is 0.156. The molecule has 5 aromatic rings. The maximum atomic E-state index is 16.1. The van der Waals surface area contributed by atoms with Crippen LogP contribution in [-0.2, 0) is 16.6 Å². The summed E-state index contributed by atoms with van der Waals surface area (Å²) in [6, 6.07) is 9.67. The van der Waals surface area contributed by atoms with Crippen LogP contribution < -0.4 is 16.3 Å². The molecule has 2 unspecified atom stereocenters. The summed E-state index contributed by atoms with van der Waals surface area (Å²) >= 11 is 0. The van der Waals surface area contributed by atoms with Gasteiger partial charge in [0.1, 0.15) is 28.8 Å². The summed E-state index contributed by atoms with van der Waals surface area (Å²) in [5.41, 5.74) is 0.662. The standard InChI is InChI=1S/C38H39F4N9O4/c1-48-33-24(4-2-7-29(33)51(37(48)55)30-12-13-32(52)46-36(30)54)25-14-15-49(20-38(25,41)42)18-21-8-10-23(11-9-21)50-19-22-16-31(43-17-28(22)47-50)45-35(53)27-6-3-5-26(44-27)34(39)40/h2-7,16-17,19,21,23,25,30,34H,8-15,18,20H2,1H3,(H,45,53)(H,46,52,54). The van der Waals surface area contributed by atoms with E-state index in [4.69, 9.17) is 5.10 Å². The number of para-hydroxylation sites is 1. The number of carbonyl (C=O) groups is 3. The van der Waals surface area contributed by atoms with Crippen LogP contribution in [0.4, 0.5) is 23.4 Å². The Morgan fingerprint density at radius 3 is 2.56 bits per heavy atom. The summed E-state index contributed by atoms with van der Waals surface area (Å²) in [5, 5.41) is 10.3. The van der Waals surface area contributed by atoms with Gasteiger partial charge in [-0.1, -0.05) is 18.2 Å². The molecular weight excluding hydrogens is 722 g/mol. The SMILES string of the molecule is Cn1c(=O)n(C2CCC(=O)NC2=O)c2cccc(C3CCN(CC4CCC(n5cc6cc(NC(=O)c7cccc(C(F)F)n7)ncc6n5)CC4)CC3(F)F)c21. The zero-order valence-corrected chi connectivity index (χ0v) is 29.9. The van der Waals surface area contributed by atoms with Crippen LogP contribution in [0.15, 0.2) is 59.7 Å². The Morgan fingerprint density at radius 1 is 1.04 bits per heavy atom. The first-order chi connectivity index (χ1) is 26.4. The molecule has 2 atom stereocenters. The Balaban J connectivity index is 0.891. The van der Waals surface area contributed by atoms with Gasteiger partial charge in [-0.3, -0.25) is 38.4 Å². The molecule has 288 valence electrons. The predicted molar refractivity (Wildman–Crippen MR) is 193 cm³/mol. The van der Waals surface area contributed by atoms with E-state index in [0.29, 0.717) is 35.2 Å². The Bertz CT molecular complexity index is 2360. The molecule has 17 heteroatoms. The number of carbonyl (C=O) groups excluding carboxylic acids is 3. The van der Waals surface area contributed by atoms with Gasteiger partial charge < -0.3 is 5.32 Å². The molecular formula is C38H39F4N9O4. The van der Waals surface area contributed by atoms with E-state index in [0.717, 1.165) is 37.1 Å². The fourth-order valence-corrected chi connectivity index (χ4v) is 8.57. The molecule has 0 bridgehead atoms. The predicted octanol–water partition coefficient (Wildman–Crippen LogP) is 5.50. The van der Waals surface area contributed by atoms with E-state index in [1.807, 2.05) is 15.8 Å². The molecule has 1 aliphatic carbocycles. The number of hydrogen-bond donors (Lipinski definition) is 2. The molecule has 2 saturated heterocycles. The number of piperidine rings is 2. The Morgan fingerprint density at radius 2 is 1.82 bits per heavy atom. The Hall–Kier alpha value is -5.45. The molecule has 1 aromatic carbocycles. The number of imidazole rings is 1. The van der Waals surface area contributed by atoms with E-state index in [9.17, 15) is 28.0 Å². The highest BCUT2D eigenvalue weighted by Crippen LogP contribution is 2.44. The lowest BCUT2D eigenvalue weighted by molar-refractivity contribution is -0.135. The molecule has 0 radical (unpaired) electrons. The van der Waals surface area contributed by atoms with Crippen molar-refractivity contribution in [2.45, 2.75) is 75.3 Å². The van der Waals surface area contributed by atoms with E-state index in [1.54, 1.807) is 24.3 Å². The second-order valence-corrected chi connectivity index (χ2v) is 14.8. The van der Waals surface area contributed by atoms with Gasteiger partial charge in [0.25, 0.3) is 18.3 Å².